The van der Waals surface area contributed by atoms with Gasteiger partial charge in [-0.2, -0.15) is 0 Å². The summed E-state index contributed by atoms with van der Waals surface area (Å²) in [5, 5.41) is 10.6. The highest BCUT2D eigenvalue weighted by Gasteiger charge is 2.16. The monoisotopic (exact) mass is 250 g/mol. The fourth-order valence-electron chi connectivity index (χ4n) is 0.681. The molecule has 0 fully saturated rings. The molecule has 1 heterocycles. The summed E-state index contributed by atoms with van der Waals surface area (Å²) in [6.07, 6.45) is 1.12. The maximum Gasteiger partial charge on any atom is 0.302 e. The maximum absolute atomic E-state index is 10.4. The molecule has 0 saturated heterocycles. The van der Waals surface area contributed by atoms with Crippen LogP contribution in [0.15, 0.2) is 10.7 Å². The first-order valence-corrected chi connectivity index (χ1v) is 4.16. The van der Waals surface area contributed by atoms with Crippen molar-refractivity contribution in [2.45, 2.75) is 6.92 Å². The average molecular weight is 251 g/mol. The summed E-state index contributed by atoms with van der Waals surface area (Å²) in [6.45, 7) is 1.66. The lowest BCUT2D eigenvalue weighted by Crippen LogP contribution is -1.93. The zero-order valence-electron chi connectivity index (χ0n) is 6.04. The van der Waals surface area contributed by atoms with Crippen LogP contribution in [0.5, 0.6) is 0 Å². The molecule has 0 amide bonds. The van der Waals surface area contributed by atoms with Crippen LogP contribution in [0.3, 0.4) is 0 Å². The second-order valence-electron chi connectivity index (χ2n) is 2.13. The molecule has 1 aromatic heterocycles. The fraction of sp³-hybridized carbons (Fsp3) is 0.167. The van der Waals surface area contributed by atoms with E-state index in [9.17, 15) is 10.1 Å². The van der Waals surface area contributed by atoms with Gasteiger partial charge in [-0.3, -0.25) is 10.1 Å². The Balaban J connectivity index is 3.36. The molecule has 0 spiro atoms. The number of nitrogens with zero attached hydrogens (tertiary/aromatic N) is 2. The molecule has 4 nitrogen and oxygen atoms in total. The van der Waals surface area contributed by atoms with E-state index in [-0.39, 0.29) is 10.8 Å². The second kappa shape index (κ2) is 3.37. The minimum absolute atomic E-state index is 0.0723. The van der Waals surface area contributed by atoms with Crippen LogP contribution < -0.4 is 0 Å². The van der Waals surface area contributed by atoms with Crippen molar-refractivity contribution in [2.24, 2.45) is 0 Å². The fourth-order valence-corrected chi connectivity index (χ4v) is 1.37. The average Bonchev–Trinajstić information content (AvgIpc) is 2.00. The van der Waals surface area contributed by atoms with Gasteiger partial charge in [0.1, 0.15) is 15.8 Å². The van der Waals surface area contributed by atoms with Crippen molar-refractivity contribution in [3.8, 4) is 0 Å². The Hall–Kier alpha value is -0.680. The molecule has 0 N–H and O–H groups in total. The number of nitro groups is 1. The van der Waals surface area contributed by atoms with Crippen LogP contribution in [-0.2, 0) is 0 Å². The predicted octanol–water partition coefficient (Wildman–Crippen LogP) is 2.71. The van der Waals surface area contributed by atoms with E-state index in [0.717, 1.165) is 6.20 Å². The minimum Gasteiger partial charge on any atom is -0.258 e. The first-order valence-electron chi connectivity index (χ1n) is 2.99. The van der Waals surface area contributed by atoms with Crippen LogP contribution in [0.25, 0.3) is 0 Å². The van der Waals surface area contributed by atoms with Gasteiger partial charge in [-0.1, -0.05) is 11.6 Å². The summed E-state index contributed by atoms with van der Waals surface area (Å²) >= 11 is 8.69. The smallest absolute Gasteiger partial charge is 0.258 e. The lowest BCUT2D eigenvalue weighted by molar-refractivity contribution is -0.386. The molecule has 0 aliphatic rings. The molecule has 0 radical (unpaired) electrons. The zero-order chi connectivity index (χ0) is 9.30. The van der Waals surface area contributed by atoms with Gasteiger partial charge in [0.25, 0.3) is 0 Å². The Kier molecular flexibility index (Phi) is 2.64. The van der Waals surface area contributed by atoms with E-state index in [4.69, 9.17) is 11.6 Å². The molecule has 0 aromatic carbocycles. The molecule has 64 valence electrons. The Labute approximate surface area is 81.8 Å². The van der Waals surface area contributed by atoms with Gasteiger partial charge in [0.2, 0.25) is 0 Å². The van der Waals surface area contributed by atoms with Crippen LogP contribution in [-0.4, -0.2) is 9.91 Å². The Morgan fingerprint density at radius 2 is 2.33 bits per heavy atom. The van der Waals surface area contributed by atoms with Gasteiger partial charge in [0.15, 0.2) is 0 Å². The largest absolute Gasteiger partial charge is 0.302 e. The summed E-state index contributed by atoms with van der Waals surface area (Å²) in [5.41, 5.74) is 0.503. The zero-order valence-corrected chi connectivity index (χ0v) is 8.39. The number of halogens is 2. The number of pyridine rings is 1. The van der Waals surface area contributed by atoms with Crippen LogP contribution >= 0.6 is 27.5 Å². The molecule has 1 aromatic rings. The Morgan fingerprint density at radius 3 is 2.83 bits per heavy atom. The Morgan fingerprint density at radius 1 is 1.75 bits per heavy atom. The van der Waals surface area contributed by atoms with Crippen molar-refractivity contribution in [3.05, 3.63) is 31.5 Å². The van der Waals surface area contributed by atoms with Gasteiger partial charge in [-0.25, -0.2) is 4.98 Å². The topological polar surface area (TPSA) is 56.0 Å². The highest BCUT2D eigenvalue weighted by Crippen LogP contribution is 2.30. The number of aromatic nitrogens is 1. The molecule has 0 aliphatic carbocycles. The van der Waals surface area contributed by atoms with Gasteiger partial charge < -0.3 is 0 Å². The molecule has 0 aliphatic heterocycles. The van der Waals surface area contributed by atoms with E-state index in [0.29, 0.717) is 10.0 Å². The summed E-state index contributed by atoms with van der Waals surface area (Å²) in [7, 11) is 0. The van der Waals surface area contributed by atoms with E-state index < -0.39 is 4.92 Å². The van der Waals surface area contributed by atoms with Crippen molar-refractivity contribution in [2.75, 3.05) is 0 Å². The van der Waals surface area contributed by atoms with Crippen molar-refractivity contribution in [1.29, 1.82) is 0 Å². The minimum atomic E-state index is -0.513. The van der Waals surface area contributed by atoms with Crippen molar-refractivity contribution in [1.82, 2.24) is 4.98 Å². The Bertz CT molecular complexity index is 343. The quantitative estimate of drug-likeness (QED) is 0.438. The summed E-state index contributed by atoms with van der Waals surface area (Å²) < 4.78 is 0.382. The third kappa shape index (κ3) is 1.56. The van der Waals surface area contributed by atoms with E-state index in [1.54, 1.807) is 6.92 Å². The summed E-state index contributed by atoms with van der Waals surface area (Å²) in [5.74, 6) is 0. The van der Waals surface area contributed by atoms with Gasteiger partial charge in [-0.15, -0.1) is 0 Å². The summed E-state index contributed by atoms with van der Waals surface area (Å²) in [4.78, 5) is 13.5. The van der Waals surface area contributed by atoms with Crippen LogP contribution in [0.4, 0.5) is 5.69 Å². The second-order valence-corrected chi connectivity index (χ2v) is 3.28. The third-order valence-corrected chi connectivity index (χ3v) is 2.74. The first-order chi connectivity index (χ1) is 5.54. The van der Waals surface area contributed by atoms with Gasteiger partial charge in [0, 0.05) is 5.56 Å². The van der Waals surface area contributed by atoms with Crippen LogP contribution in [0.1, 0.15) is 5.56 Å². The van der Waals surface area contributed by atoms with E-state index in [2.05, 4.69) is 20.9 Å². The SMILES string of the molecule is Cc1c(Cl)ncc([N+](=O)[O-])c1Br. The molecule has 6 heteroatoms. The van der Waals surface area contributed by atoms with Crippen LogP contribution in [0.2, 0.25) is 5.15 Å². The van der Waals surface area contributed by atoms with Crippen LogP contribution in [0, 0.1) is 17.0 Å². The number of hydrogen-bond acceptors (Lipinski definition) is 3. The summed E-state index contributed by atoms with van der Waals surface area (Å²) in [6, 6.07) is 0. The van der Waals surface area contributed by atoms with Crippen molar-refractivity contribution in [3.63, 3.8) is 0 Å². The normalized spacial score (nSPS) is 9.92. The standard InChI is InChI=1S/C6H4BrClN2O2/c1-3-5(7)4(10(11)12)2-9-6(3)8/h2H,1H3. The molecule has 12 heavy (non-hydrogen) atoms. The van der Waals surface area contributed by atoms with Gasteiger partial charge in [0.05, 0.1) is 4.92 Å². The molecule has 0 bridgehead atoms. The molecule has 0 unspecified atom stereocenters. The maximum atomic E-state index is 10.4. The first kappa shape index (κ1) is 9.41. The highest BCUT2D eigenvalue weighted by molar-refractivity contribution is 9.10. The molecule has 0 atom stereocenters. The van der Waals surface area contributed by atoms with Crippen molar-refractivity contribution >= 4 is 33.2 Å². The van der Waals surface area contributed by atoms with Gasteiger partial charge in [-0.05, 0) is 22.9 Å². The van der Waals surface area contributed by atoms with E-state index >= 15 is 0 Å². The van der Waals surface area contributed by atoms with Crippen molar-refractivity contribution < 1.29 is 4.92 Å². The lowest BCUT2D eigenvalue weighted by Gasteiger charge is -1.99. The number of rotatable bonds is 1. The highest BCUT2D eigenvalue weighted by atomic mass is 79.9. The van der Waals surface area contributed by atoms with E-state index in [1.807, 2.05) is 0 Å². The molecule has 1 rings (SSSR count). The van der Waals surface area contributed by atoms with E-state index in [1.165, 1.54) is 0 Å². The molecular formula is C6H4BrClN2O2. The van der Waals surface area contributed by atoms with Gasteiger partial charge >= 0.3 is 5.69 Å². The number of hydrogen-bond donors (Lipinski definition) is 0. The third-order valence-electron chi connectivity index (χ3n) is 1.36. The lowest BCUT2D eigenvalue weighted by atomic mass is 10.3. The molecule has 0 saturated carbocycles. The molecular weight excluding hydrogens is 247 g/mol. The predicted molar refractivity (Wildman–Crippen MR) is 48.3 cm³/mol.